The number of nitrogens with one attached hydrogen (secondary N) is 1. The Hall–Kier alpha value is -1.21. The Balaban J connectivity index is 1.99. The number of rotatable bonds is 2. The van der Waals surface area contributed by atoms with E-state index in [1.54, 1.807) is 17.4 Å². The molecule has 1 heterocycles. The average molecular weight is 384 g/mol. The van der Waals surface area contributed by atoms with Crippen LogP contribution in [0, 0.1) is 16.3 Å². The molecule has 0 fully saturated rings. The number of fused-ring (bicyclic) bond motifs is 1. The van der Waals surface area contributed by atoms with Crippen LogP contribution in [0.25, 0.3) is 10.2 Å². The van der Waals surface area contributed by atoms with Crippen LogP contribution in [0.3, 0.4) is 0 Å². The lowest BCUT2D eigenvalue weighted by atomic mass is 10.2. The van der Waals surface area contributed by atoms with Gasteiger partial charge in [0.1, 0.15) is 5.82 Å². The molecule has 1 aromatic heterocycles. The van der Waals surface area contributed by atoms with Crippen molar-refractivity contribution >= 4 is 55.0 Å². The summed E-state index contributed by atoms with van der Waals surface area (Å²) in [6.07, 6.45) is 0. The van der Waals surface area contributed by atoms with E-state index in [2.05, 4.69) is 39.0 Å². The largest absolute Gasteiger partial charge is 0.331 e. The first-order chi connectivity index (χ1) is 9.13. The number of nitrogens with zero attached hydrogens (tertiary/aromatic N) is 1. The molecule has 0 amide bonds. The van der Waals surface area contributed by atoms with Gasteiger partial charge in [-0.1, -0.05) is 23.5 Å². The molecule has 2 aromatic carbocycles. The molecule has 1 N–H and O–H groups in total. The molecule has 19 heavy (non-hydrogen) atoms. The lowest BCUT2D eigenvalue weighted by Crippen LogP contribution is -1.92. The van der Waals surface area contributed by atoms with Gasteiger partial charge in [-0.2, -0.15) is 0 Å². The minimum absolute atomic E-state index is 0.227. The maximum atomic E-state index is 13.1. The van der Waals surface area contributed by atoms with Gasteiger partial charge < -0.3 is 5.32 Å². The SMILES string of the molecule is Cc1cccc2sc(Nc3ccc(F)cc3I)nc12. The van der Waals surface area contributed by atoms with Crippen molar-refractivity contribution in [3.63, 3.8) is 0 Å². The fourth-order valence-electron chi connectivity index (χ4n) is 1.85. The normalized spacial score (nSPS) is 10.9. The third-order valence-corrected chi connectivity index (χ3v) is 4.62. The predicted octanol–water partition coefficient (Wildman–Crippen LogP) is 5.09. The number of para-hydroxylation sites is 1. The molecule has 0 saturated carbocycles. The fourth-order valence-corrected chi connectivity index (χ4v) is 3.41. The molecular formula is C14H10FIN2S. The highest BCUT2D eigenvalue weighted by molar-refractivity contribution is 14.1. The van der Waals surface area contributed by atoms with E-state index in [1.165, 1.54) is 12.1 Å². The second kappa shape index (κ2) is 5.05. The molecule has 0 atom stereocenters. The number of benzene rings is 2. The number of anilines is 2. The molecule has 0 unspecified atom stereocenters. The summed E-state index contributed by atoms with van der Waals surface area (Å²) in [7, 11) is 0. The molecule has 0 spiro atoms. The molecule has 2 nitrogen and oxygen atoms in total. The summed E-state index contributed by atoms with van der Waals surface area (Å²) in [6.45, 7) is 2.05. The molecule has 0 radical (unpaired) electrons. The molecule has 0 aliphatic rings. The Kier molecular flexibility index (Phi) is 3.40. The fraction of sp³-hybridized carbons (Fsp3) is 0.0714. The summed E-state index contributed by atoms with van der Waals surface area (Å²) in [6, 6.07) is 10.8. The van der Waals surface area contributed by atoms with Crippen molar-refractivity contribution in [2.24, 2.45) is 0 Å². The first-order valence-electron chi connectivity index (χ1n) is 5.72. The van der Waals surface area contributed by atoms with Crippen LogP contribution >= 0.6 is 33.9 Å². The zero-order chi connectivity index (χ0) is 13.4. The van der Waals surface area contributed by atoms with Crippen molar-refractivity contribution in [3.8, 4) is 0 Å². The molecule has 0 saturated heterocycles. The molecule has 0 bridgehead atoms. The Bertz CT molecular complexity index is 754. The number of aryl methyl sites for hydroxylation is 1. The van der Waals surface area contributed by atoms with E-state index in [-0.39, 0.29) is 5.82 Å². The topological polar surface area (TPSA) is 24.9 Å². The van der Waals surface area contributed by atoms with Gasteiger partial charge in [-0.25, -0.2) is 9.37 Å². The van der Waals surface area contributed by atoms with Crippen LogP contribution in [-0.4, -0.2) is 4.98 Å². The van der Waals surface area contributed by atoms with Crippen LogP contribution in [0.4, 0.5) is 15.2 Å². The Labute approximate surface area is 127 Å². The Morgan fingerprint density at radius 2 is 2.11 bits per heavy atom. The van der Waals surface area contributed by atoms with Crippen molar-refractivity contribution < 1.29 is 4.39 Å². The molecule has 96 valence electrons. The summed E-state index contributed by atoms with van der Waals surface area (Å²) in [5, 5.41) is 4.08. The number of thiazole rings is 1. The van der Waals surface area contributed by atoms with Gasteiger partial charge in [-0.3, -0.25) is 0 Å². The van der Waals surface area contributed by atoms with Gasteiger partial charge in [0.15, 0.2) is 5.13 Å². The van der Waals surface area contributed by atoms with Crippen molar-refractivity contribution in [2.45, 2.75) is 6.92 Å². The maximum absolute atomic E-state index is 13.1. The predicted molar refractivity (Wildman–Crippen MR) is 86.8 cm³/mol. The van der Waals surface area contributed by atoms with Crippen molar-refractivity contribution in [1.82, 2.24) is 4.98 Å². The lowest BCUT2D eigenvalue weighted by Gasteiger charge is -2.04. The Morgan fingerprint density at radius 3 is 2.84 bits per heavy atom. The van der Waals surface area contributed by atoms with Crippen LogP contribution in [0.2, 0.25) is 0 Å². The van der Waals surface area contributed by atoms with Gasteiger partial charge in [-0.05, 0) is 59.3 Å². The van der Waals surface area contributed by atoms with E-state index in [9.17, 15) is 4.39 Å². The van der Waals surface area contributed by atoms with Gasteiger partial charge in [0.2, 0.25) is 0 Å². The van der Waals surface area contributed by atoms with Crippen LogP contribution in [0.1, 0.15) is 5.56 Å². The van der Waals surface area contributed by atoms with E-state index in [1.807, 2.05) is 19.1 Å². The quantitative estimate of drug-likeness (QED) is 0.623. The smallest absolute Gasteiger partial charge is 0.188 e. The third kappa shape index (κ3) is 2.57. The number of hydrogen-bond acceptors (Lipinski definition) is 3. The second-order valence-electron chi connectivity index (χ2n) is 4.19. The summed E-state index contributed by atoms with van der Waals surface area (Å²) in [4.78, 5) is 4.58. The van der Waals surface area contributed by atoms with Crippen molar-refractivity contribution in [1.29, 1.82) is 0 Å². The molecule has 0 aliphatic carbocycles. The minimum Gasteiger partial charge on any atom is -0.331 e. The second-order valence-corrected chi connectivity index (χ2v) is 6.38. The van der Waals surface area contributed by atoms with Gasteiger partial charge in [0, 0.05) is 3.57 Å². The highest BCUT2D eigenvalue weighted by Crippen LogP contribution is 2.31. The van der Waals surface area contributed by atoms with Crippen LogP contribution in [0.5, 0.6) is 0 Å². The first kappa shape index (κ1) is 12.8. The third-order valence-electron chi connectivity index (χ3n) is 2.79. The number of aromatic nitrogens is 1. The average Bonchev–Trinajstić information content (AvgIpc) is 2.77. The lowest BCUT2D eigenvalue weighted by molar-refractivity contribution is 0.627. The van der Waals surface area contributed by atoms with E-state index < -0.39 is 0 Å². The summed E-state index contributed by atoms with van der Waals surface area (Å²) in [5.41, 5.74) is 3.06. The zero-order valence-electron chi connectivity index (χ0n) is 10.1. The molecule has 0 aliphatic heterocycles. The van der Waals surface area contributed by atoms with Crippen molar-refractivity contribution in [2.75, 3.05) is 5.32 Å². The van der Waals surface area contributed by atoms with E-state index in [0.717, 1.165) is 30.2 Å². The van der Waals surface area contributed by atoms with Crippen LogP contribution < -0.4 is 5.32 Å². The van der Waals surface area contributed by atoms with Crippen LogP contribution in [-0.2, 0) is 0 Å². The Morgan fingerprint density at radius 1 is 1.26 bits per heavy atom. The van der Waals surface area contributed by atoms with Gasteiger partial charge >= 0.3 is 0 Å². The highest BCUT2D eigenvalue weighted by Gasteiger charge is 2.08. The van der Waals surface area contributed by atoms with Crippen LogP contribution in [0.15, 0.2) is 36.4 Å². The summed E-state index contributed by atoms with van der Waals surface area (Å²) >= 11 is 3.71. The summed E-state index contributed by atoms with van der Waals surface area (Å²) in [5.74, 6) is -0.227. The minimum atomic E-state index is -0.227. The monoisotopic (exact) mass is 384 g/mol. The van der Waals surface area contributed by atoms with Crippen molar-refractivity contribution in [3.05, 3.63) is 51.3 Å². The standard InChI is InChI=1S/C14H10FIN2S/c1-8-3-2-4-12-13(8)18-14(19-12)17-11-6-5-9(15)7-10(11)16/h2-7H,1H3,(H,17,18). The van der Waals surface area contributed by atoms with Gasteiger partial charge in [-0.15, -0.1) is 0 Å². The molecule has 5 heteroatoms. The molecular weight excluding hydrogens is 374 g/mol. The molecule has 3 rings (SSSR count). The van der Waals surface area contributed by atoms with E-state index in [0.29, 0.717) is 0 Å². The highest BCUT2D eigenvalue weighted by atomic mass is 127. The van der Waals surface area contributed by atoms with E-state index in [4.69, 9.17) is 0 Å². The van der Waals surface area contributed by atoms with E-state index >= 15 is 0 Å². The summed E-state index contributed by atoms with van der Waals surface area (Å²) < 4.78 is 15.1. The van der Waals surface area contributed by atoms with Gasteiger partial charge in [0.25, 0.3) is 0 Å². The maximum Gasteiger partial charge on any atom is 0.188 e. The zero-order valence-corrected chi connectivity index (χ0v) is 13.0. The first-order valence-corrected chi connectivity index (χ1v) is 7.61. The molecule has 3 aromatic rings. The van der Waals surface area contributed by atoms with Gasteiger partial charge in [0.05, 0.1) is 15.9 Å². The number of hydrogen-bond donors (Lipinski definition) is 1. The number of halogens is 2.